The van der Waals surface area contributed by atoms with E-state index in [1.807, 2.05) is 37.3 Å². The van der Waals surface area contributed by atoms with Crippen molar-refractivity contribution in [2.24, 2.45) is 0 Å². The van der Waals surface area contributed by atoms with Crippen LogP contribution in [0.15, 0.2) is 48.5 Å². The maximum Gasteiger partial charge on any atom is 0.365 e. The van der Waals surface area contributed by atoms with Gasteiger partial charge in [0.05, 0.1) is 13.2 Å². The van der Waals surface area contributed by atoms with Gasteiger partial charge in [-0.05, 0) is 30.2 Å². The van der Waals surface area contributed by atoms with Crippen molar-refractivity contribution in [3.8, 4) is 0 Å². The molecule has 0 bridgehead atoms. The first-order chi connectivity index (χ1) is 13.0. The minimum absolute atomic E-state index is 0.0965. The van der Waals surface area contributed by atoms with Crippen LogP contribution in [0.25, 0.3) is 0 Å². The van der Waals surface area contributed by atoms with Crippen molar-refractivity contribution in [3.05, 3.63) is 70.2 Å². The first-order valence-corrected chi connectivity index (χ1v) is 9.39. The molecule has 1 aliphatic heterocycles. The highest BCUT2D eigenvalue weighted by molar-refractivity contribution is 6.30. The van der Waals surface area contributed by atoms with Crippen LogP contribution in [-0.2, 0) is 27.3 Å². The van der Waals surface area contributed by atoms with Crippen LogP contribution in [0.3, 0.4) is 0 Å². The molecule has 6 heteroatoms. The second-order valence-electron chi connectivity index (χ2n) is 6.90. The molecule has 0 aromatic heterocycles. The van der Waals surface area contributed by atoms with Crippen molar-refractivity contribution >= 4 is 23.5 Å². The van der Waals surface area contributed by atoms with Gasteiger partial charge in [0.25, 0.3) is 5.91 Å². The van der Waals surface area contributed by atoms with Crippen molar-refractivity contribution in [1.29, 1.82) is 0 Å². The Kier molecular flexibility index (Phi) is 6.14. The van der Waals surface area contributed by atoms with Gasteiger partial charge in [-0.1, -0.05) is 48.0 Å². The van der Waals surface area contributed by atoms with E-state index >= 15 is 0 Å². The van der Waals surface area contributed by atoms with Crippen molar-refractivity contribution in [3.63, 3.8) is 0 Å². The van der Waals surface area contributed by atoms with Crippen molar-refractivity contribution in [2.45, 2.75) is 32.0 Å². The van der Waals surface area contributed by atoms with Gasteiger partial charge in [-0.2, -0.15) is 0 Å². The molecule has 0 aliphatic carbocycles. The summed E-state index contributed by atoms with van der Waals surface area (Å²) in [6, 6.07) is 14.9. The van der Waals surface area contributed by atoms with Crippen LogP contribution >= 0.6 is 11.6 Å². The highest BCUT2D eigenvalue weighted by Gasteiger charge is 2.37. The van der Waals surface area contributed by atoms with E-state index in [1.54, 1.807) is 12.1 Å². The summed E-state index contributed by atoms with van der Waals surface area (Å²) in [5.41, 5.74) is 3.30. The van der Waals surface area contributed by atoms with Crippen LogP contribution in [0.2, 0.25) is 5.02 Å². The Hall–Kier alpha value is -2.37. The van der Waals surface area contributed by atoms with Gasteiger partial charge in [0.1, 0.15) is 6.54 Å². The molecular formula is C21H24ClN2O3+. The number of quaternary nitrogens is 1. The van der Waals surface area contributed by atoms with Crippen LogP contribution in [-0.4, -0.2) is 31.6 Å². The SMILES string of the molecule is COC(=O)[C@H]1Cc2ccccc2C[NH+]1CC(=O)N[C@H](C)c1ccc(Cl)cc1. The number of methoxy groups -OCH3 is 1. The number of rotatable bonds is 5. The summed E-state index contributed by atoms with van der Waals surface area (Å²) in [7, 11) is 1.39. The smallest absolute Gasteiger partial charge is 0.365 e. The molecule has 1 aliphatic rings. The molecule has 2 N–H and O–H groups in total. The summed E-state index contributed by atoms with van der Waals surface area (Å²) in [6.45, 7) is 2.77. The summed E-state index contributed by atoms with van der Waals surface area (Å²) in [5, 5.41) is 3.67. The lowest BCUT2D eigenvalue weighted by atomic mass is 9.94. The minimum atomic E-state index is -0.374. The number of nitrogens with one attached hydrogen (secondary N) is 2. The van der Waals surface area contributed by atoms with E-state index in [9.17, 15) is 9.59 Å². The van der Waals surface area contributed by atoms with E-state index < -0.39 is 0 Å². The lowest BCUT2D eigenvalue weighted by Gasteiger charge is -2.32. The molecule has 3 rings (SSSR count). The van der Waals surface area contributed by atoms with Gasteiger partial charge in [0.15, 0.2) is 12.6 Å². The molecule has 1 amide bonds. The molecular weight excluding hydrogens is 364 g/mol. The van der Waals surface area contributed by atoms with Crippen LogP contribution in [0.5, 0.6) is 0 Å². The van der Waals surface area contributed by atoms with Crippen LogP contribution in [0, 0.1) is 0 Å². The van der Waals surface area contributed by atoms with Crippen LogP contribution < -0.4 is 10.2 Å². The molecule has 0 saturated carbocycles. The largest absolute Gasteiger partial charge is 0.465 e. The fourth-order valence-electron chi connectivity index (χ4n) is 3.57. The van der Waals surface area contributed by atoms with E-state index in [1.165, 1.54) is 12.7 Å². The van der Waals surface area contributed by atoms with Crippen LogP contribution in [0.1, 0.15) is 29.7 Å². The predicted octanol–water partition coefficient (Wildman–Crippen LogP) is 1.70. The Labute approximate surface area is 164 Å². The highest BCUT2D eigenvalue weighted by atomic mass is 35.5. The second-order valence-corrected chi connectivity index (χ2v) is 7.34. The number of ether oxygens (including phenoxy) is 1. The molecule has 1 unspecified atom stereocenters. The Morgan fingerprint density at radius 1 is 1.19 bits per heavy atom. The summed E-state index contributed by atoms with van der Waals surface area (Å²) < 4.78 is 4.97. The monoisotopic (exact) mass is 387 g/mol. The quantitative estimate of drug-likeness (QED) is 0.768. The molecule has 142 valence electrons. The first kappa shape index (κ1) is 19.4. The Bertz CT molecular complexity index is 822. The maximum atomic E-state index is 12.6. The second kappa shape index (κ2) is 8.55. The maximum absolute atomic E-state index is 12.6. The van der Waals surface area contributed by atoms with Crippen molar-refractivity contribution < 1.29 is 19.2 Å². The molecule has 2 aromatic carbocycles. The first-order valence-electron chi connectivity index (χ1n) is 9.02. The molecule has 27 heavy (non-hydrogen) atoms. The molecule has 5 nitrogen and oxygen atoms in total. The Morgan fingerprint density at radius 2 is 1.85 bits per heavy atom. The lowest BCUT2D eigenvalue weighted by Crippen LogP contribution is -3.17. The normalized spacial score (nSPS) is 19.7. The number of esters is 1. The third-order valence-electron chi connectivity index (χ3n) is 5.07. The number of benzene rings is 2. The number of carbonyl (C=O) groups excluding carboxylic acids is 2. The number of hydrogen-bond acceptors (Lipinski definition) is 3. The van der Waals surface area contributed by atoms with Gasteiger partial charge >= 0.3 is 5.97 Å². The lowest BCUT2D eigenvalue weighted by molar-refractivity contribution is -0.924. The standard InChI is InChI=1S/C21H23ClN2O3/c1-14(15-7-9-18(22)10-8-15)23-20(25)13-24-12-17-6-4-3-5-16(17)11-19(24)21(26)27-2/h3-10,14,19H,11-13H2,1-2H3,(H,23,25)/p+1/t14-,19-/m1/s1. The summed E-state index contributed by atoms with van der Waals surface area (Å²) in [4.78, 5) is 25.8. The van der Waals surface area contributed by atoms with Gasteiger partial charge in [0, 0.05) is 17.0 Å². The number of hydrogen-bond donors (Lipinski definition) is 2. The summed E-state index contributed by atoms with van der Waals surface area (Å²) >= 11 is 5.92. The summed E-state index contributed by atoms with van der Waals surface area (Å²) in [6.07, 6.45) is 0.582. The molecule has 0 fully saturated rings. The average molecular weight is 388 g/mol. The van der Waals surface area contributed by atoms with Gasteiger partial charge in [0.2, 0.25) is 0 Å². The van der Waals surface area contributed by atoms with E-state index in [0.717, 1.165) is 16.0 Å². The Balaban J connectivity index is 1.69. The number of fused-ring (bicyclic) bond motifs is 1. The molecule has 2 aromatic rings. The molecule has 0 saturated heterocycles. The Morgan fingerprint density at radius 3 is 2.52 bits per heavy atom. The molecule has 0 spiro atoms. The zero-order chi connectivity index (χ0) is 19.4. The van der Waals surface area contributed by atoms with Crippen molar-refractivity contribution in [2.75, 3.05) is 13.7 Å². The minimum Gasteiger partial charge on any atom is -0.465 e. The van der Waals surface area contributed by atoms with E-state index in [4.69, 9.17) is 16.3 Å². The summed E-state index contributed by atoms with van der Waals surface area (Å²) in [5.74, 6) is -0.376. The zero-order valence-corrected chi connectivity index (χ0v) is 16.3. The van der Waals surface area contributed by atoms with E-state index in [-0.39, 0.29) is 30.5 Å². The number of amides is 1. The van der Waals surface area contributed by atoms with Crippen LogP contribution in [0.4, 0.5) is 0 Å². The fourth-order valence-corrected chi connectivity index (χ4v) is 3.70. The van der Waals surface area contributed by atoms with Gasteiger partial charge in [-0.3, -0.25) is 4.79 Å². The molecule has 1 heterocycles. The topological polar surface area (TPSA) is 59.8 Å². The number of halogens is 1. The van der Waals surface area contributed by atoms with Gasteiger partial charge in [-0.25, -0.2) is 4.79 Å². The van der Waals surface area contributed by atoms with E-state index in [0.29, 0.717) is 18.0 Å². The zero-order valence-electron chi connectivity index (χ0n) is 15.5. The van der Waals surface area contributed by atoms with Gasteiger partial charge < -0.3 is 15.0 Å². The molecule has 0 radical (unpaired) electrons. The van der Waals surface area contributed by atoms with E-state index in [2.05, 4.69) is 11.4 Å². The van der Waals surface area contributed by atoms with Gasteiger partial charge in [-0.15, -0.1) is 0 Å². The third kappa shape index (κ3) is 4.67. The highest BCUT2D eigenvalue weighted by Crippen LogP contribution is 2.16. The fraction of sp³-hybridized carbons (Fsp3) is 0.333. The molecule has 3 atom stereocenters. The predicted molar refractivity (Wildman–Crippen MR) is 103 cm³/mol. The average Bonchev–Trinajstić information content (AvgIpc) is 2.67. The number of carbonyl (C=O) groups is 2. The third-order valence-corrected chi connectivity index (χ3v) is 5.33. The van der Waals surface area contributed by atoms with Crippen molar-refractivity contribution in [1.82, 2.24) is 5.32 Å².